The Bertz CT molecular complexity index is 783. The number of aliphatic hydroxyl groups excluding tert-OH is 2. The molecule has 0 aliphatic carbocycles. The third-order valence-corrected chi connectivity index (χ3v) is 3.79. The number of hydrogen-bond acceptors (Lipinski definition) is 6. The van der Waals surface area contributed by atoms with Gasteiger partial charge in [0.05, 0.1) is 12.7 Å². The minimum Gasteiger partial charge on any atom is -0.465 e. The molecule has 1 amide bonds. The van der Waals surface area contributed by atoms with Crippen molar-refractivity contribution in [3.05, 3.63) is 71.0 Å². The summed E-state index contributed by atoms with van der Waals surface area (Å²) in [5, 5.41) is 22.4. The van der Waals surface area contributed by atoms with E-state index in [0.29, 0.717) is 0 Å². The quantitative estimate of drug-likeness (QED) is 0.637. The van der Waals surface area contributed by atoms with Crippen molar-refractivity contribution >= 4 is 12.1 Å². The summed E-state index contributed by atoms with van der Waals surface area (Å²) in [5.74, 6) is -1.90. The lowest BCUT2D eigenvalue weighted by Crippen LogP contribution is -2.36. The second kappa shape index (κ2) is 9.65. The van der Waals surface area contributed by atoms with E-state index in [1.807, 2.05) is 6.07 Å². The van der Waals surface area contributed by atoms with Crippen LogP contribution in [0.4, 0.5) is 9.18 Å². The number of carbonyl (C=O) groups is 2. The van der Waals surface area contributed by atoms with Crippen molar-refractivity contribution in [2.45, 2.75) is 18.8 Å². The summed E-state index contributed by atoms with van der Waals surface area (Å²) in [4.78, 5) is 23.2. The fourth-order valence-electron chi connectivity index (χ4n) is 2.33. The Labute approximate surface area is 155 Å². The zero-order valence-corrected chi connectivity index (χ0v) is 14.6. The number of halogens is 1. The maximum Gasteiger partial charge on any atom is 0.407 e. The molecule has 2 aromatic rings. The van der Waals surface area contributed by atoms with E-state index in [2.05, 4.69) is 10.1 Å². The minimum atomic E-state index is -1.66. The molecule has 0 saturated heterocycles. The second-order valence-electron chi connectivity index (χ2n) is 5.66. The normalized spacial score (nSPS) is 12.7. The van der Waals surface area contributed by atoms with Crippen molar-refractivity contribution in [1.82, 2.24) is 5.32 Å². The molecule has 0 aliphatic rings. The molecule has 7 nitrogen and oxygen atoms in total. The summed E-state index contributed by atoms with van der Waals surface area (Å²) in [7, 11) is 1.10. The summed E-state index contributed by atoms with van der Waals surface area (Å²) in [5.41, 5.74) is 0.135. The molecule has 0 bridgehead atoms. The molecule has 0 aromatic heterocycles. The first-order valence-electron chi connectivity index (χ1n) is 8.11. The highest BCUT2D eigenvalue weighted by Crippen LogP contribution is 2.23. The van der Waals surface area contributed by atoms with Crippen LogP contribution in [0, 0.1) is 5.82 Å². The lowest BCUT2D eigenvalue weighted by molar-refractivity contribution is 0.0162. The first-order chi connectivity index (χ1) is 12.9. The van der Waals surface area contributed by atoms with Crippen molar-refractivity contribution in [2.75, 3.05) is 13.7 Å². The van der Waals surface area contributed by atoms with Gasteiger partial charge in [0, 0.05) is 12.1 Å². The predicted molar refractivity (Wildman–Crippen MR) is 93.3 cm³/mol. The molecule has 3 N–H and O–H groups in total. The SMILES string of the molecule is COC(=O)c1cccc(C(O)C(O)CNC(=O)OCc2ccccc2)c1F. The average molecular weight is 377 g/mol. The number of rotatable bonds is 7. The van der Waals surface area contributed by atoms with Gasteiger partial charge in [0.25, 0.3) is 0 Å². The Morgan fingerprint density at radius 3 is 2.48 bits per heavy atom. The van der Waals surface area contributed by atoms with Gasteiger partial charge in [-0.05, 0) is 11.6 Å². The van der Waals surface area contributed by atoms with Gasteiger partial charge in [0.15, 0.2) is 0 Å². The van der Waals surface area contributed by atoms with Gasteiger partial charge in [-0.3, -0.25) is 0 Å². The highest BCUT2D eigenvalue weighted by Gasteiger charge is 2.25. The first kappa shape index (κ1) is 20.3. The number of benzene rings is 2. The fraction of sp³-hybridized carbons (Fsp3) is 0.263. The van der Waals surface area contributed by atoms with Gasteiger partial charge in [0.2, 0.25) is 0 Å². The van der Waals surface area contributed by atoms with E-state index >= 15 is 0 Å². The van der Waals surface area contributed by atoms with Crippen molar-refractivity contribution in [3.8, 4) is 0 Å². The molecule has 2 atom stereocenters. The molecule has 0 spiro atoms. The average Bonchev–Trinajstić information content (AvgIpc) is 2.70. The monoisotopic (exact) mass is 377 g/mol. The van der Waals surface area contributed by atoms with Crippen molar-refractivity contribution in [1.29, 1.82) is 0 Å². The molecular weight excluding hydrogens is 357 g/mol. The Kier molecular flexibility index (Phi) is 7.27. The topological polar surface area (TPSA) is 105 Å². The third kappa shape index (κ3) is 5.50. The van der Waals surface area contributed by atoms with E-state index in [1.54, 1.807) is 24.3 Å². The molecule has 144 valence electrons. The number of hydrogen-bond donors (Lipinski definition) is 3. The van der Waals surface area contributed by atoms with Crippen LogP contribution in [0.5, 0.6) is 0 Å². The summed E-state index contributed by atoms with van der Waals surface area (Å²) in [6.07, 6.45) is -3.98. The number of nitrogens with one attached hydrogen (secondary N) is 1. The van der Waals surface area contributed by atoms with Crippen LogP contribution in [0.3, 0.4) is 0 Å². The van der Waals surface area contributed by atoms with Crippen LogP contribution >= 0.6 is 0 Å². The number of carbonyl (C=O) groups excluding carboxylic acids is 2. The Balaban J connectivity index is 1.91. The largest absolute Gasteiger partial charge is 0.465 e. The van der Waals surface area contributed by atoms with Crippen LogP contribution in [0.2, 0.25) is 0 Å². The van der Waals surface area contributed by atoms with Gasteiger partial charge in [-0.15, -0.1) is 0 Å². The van der Waals surface area contributed by atoms with E-state index in [0.717, 1.165) is 12.7 Å². The highest BCUT2D eigenvalue weighted by atomic mass is 19.1. The maximum atomic E-state index is 14.3. The third-order valence-electron chi connectivity index (χ3n) is 3.79. The van der Waals surface area contributed by atoms with Crippen LogP contribution < -0.4 is 5.32 Å². The number of amides is 1. The van der Waals surface area contributed by atoms with Crippen LogP contribution in [-0.4, -0.2) is 42.0 Å². The molecule has 0 aliphatic heterocycles. The van der Waals surface area contributed by atoms with E-state index in [4.69, 9.17) is 4.74 Å². The molecule has 0 radical (unpaired) electrons. The molecule has 0 fully saturated rings. The predicted octanol–water partition coefficient (Wildman–Crippen LogP) is 1.93. The Hall–Kier alpha value is -2.97. The standard InChI is InChI=1S/C19H20FNO6/c1-26-18(24)14-9-5-8-13(16(14)20)17(23)15(22)10-21-19(25)27-11-12-6-3-2-4-7-12/h2-9,15,17,22-23H,10-11H2,1H3,(H,21,25). The fourth-order valence-corrected chi connectivity index (χ4v) is 2.33. The van der Waals surface area contributed by atoms with Gasteiger partial charge in [0.1, 0.15) is 24.6 Å². The maximum absolute atomic E-state index is 14.3. The van der Waals surface area contributed by atoms with Gasteiger partial charge >= 0.3 is 12.1 Å². The summed E-state index contributed by atoms with van der Waals surface area (Å²) >= 11 is 0. The second-order valence-corrected chi connectivity index (χ2v) is 5.66. The zero-order valence-electron chi connectivity index (χ0n) is 14.6. The lowest BCUT2D eigenvalue weighted by Gasteiger charge is -2.19. The number of methoxy groups -OCH3 is 1. The van der Waals surface area contributed by atoms with Crippen molar-refractivity contribution in [2.24, 2.45) is 0 Å². The van der Waals surface area contributed by atoms with Crippen LogP contribution in [-0.2, 0) is 16.1 Å². The zero-order chi connectivity index (χ0) is 19.8. The van der Waals surface area contributed by atoms with E-state index in [9.17, 15) is 24.2 Å². The molecule has 2 rings (SSSR count). The van der Waals surface area contributed by atoms with Gasteiger partial charge in [-0.1, -0.05) is 42.5 Å². The highest BCUT2D eigenvalue weighted by molar-refractivity contribution is 5.89. The van der Waals surface area contributed by atoms with Gasteiger partial charge in [-0.25, -0.2) is 14.0 Å². The van der Waals surface area contributed by atoms with Crippen molar-refractivity contribution in [3.63, 3.8) is 0 Å². The molecular formula is C19H20FNO6. The van der Waals surface area contributed by atoms with Crippen LogP contribution in [0.1, 0.15) is 27.6 Å². The number of esters is 1. The minimum absolute atomic E-state index is 0.0428. The van der Waals surface area contributed by atoms with Crippen LogP contribution in [0.15, 0.2) is 48.5 Å². The van der Waals surface area contributed by atoms with Crippen molar-refractivity contribution < 1.29 is 33.7 Å². The number of aliphatic hydroxyl groups is 2. The molecule has 8 heteroatoms. The summed E-state index contributed by atoms with van der Waals surface area (Å²) < 4.78 is 23.8. The Morgan fingerprint density at radius 2 is 1.81 bits per heavy atom. The van der Waals surface area contributed by atoms with E-state index in [1.165, 1.54) is 18.2 Å². The molecule has 2 aromatic carbocycles. The molecule has 0 heterocycles. The lowest BCUT2D eigenvalue weighted by atomic mass is 10.0. The summed E-state index contributed by atoms with van der Waals surface area (Å²) in [6, 6.07) is 12.8. The smallest absolute Gasteiger partial charge is 0.407 e. The number of alkyl carbamates (subject to hydrolysis) is 1. The molecule has 2 unspecified atom stereocenters. The first-order valence-corrected chi connectivity index (χ1v) is 8.11. The van der Waals surface area contributed by atoms with Gasteiger partial charge < -0.3 is 25.0 Å². The van der Waals surface area contributed by atoms with Gasteiger partial charge in [-0.2, -0.15) is 0 Å². The number of ether oxygens (including phenoxy) is 2. The van der Waals surface area contributed by atoms with Crippen LogP contribution in [0.25, 0.3) is 0 Å². The Morgan fingerprint density at radius 1 is 1.11 bits per heavy atom. The molecule has 0 saturated carbocycles. The summed E-state index contributed by atoms with van der Waals surface area (Å²) in [6.45, 7) is -0.336. The molecule has 27 heavy (non-hydrogen) atoms. The van der Waals surface area contributed by atoms with E-state index in [-0.39, 0.29) is 24.3 Å². The van der Waals surface area contributed by atoms with E-state index < -0.39 is 30.1 Å².